The zero-order valence-electron chi connectivity index (χ0n) is 13.1. The van der Waals surface area contributed by atoms with Crippen LogP contribution < -0.4 is 16.5 Å². The molecule has 3 aliphatic heterocycles. The van der Waals surface area contributed by atoms with Gasteiger partial charge in [0.1, 0.15) is 30.7 Å². The smallest absolute Gasteiger partial charge is 0.344 e. The summed E-state index contributed by atoms with van der Waals surface area (Å²) in [5, 5.41) is 3.70. The average molecular weight is 328 g/mol. The number of esters is 1. The highest BCUT2D eigenvalue weighted by molar-refractivity contribution is 5.76. The van der Waals surface area contributed by atoms with E-state index in [2.05, 4.69) is 10.7 Å². The minimum Gasteiger partial charge on any atom is -0.463 e. The van der Waals surface area contributed by atoms with E-state index in [1.165, 1.54) is 18.1 Å². The molecule has 0 aromatic carbocycles. The van der Waals surface area contributed by atoms with Gasteiger partial charge in [-0.3, -0.25) is 15.5 Å². The molecule has 0 unspecified atom stereocenters. The summed E-state index contributed by atoms with van der Waals surface area (Å²) < 4.78 is 22.5. The minimum absolute atomic E-state index is 0.0138. The van der Waals surface area contributed by atoms with E-state index < -0.39 is 42.3 Å². The average Bonchev–Trinajstić information content (AvgIpc) is 2.90. The Balaban J connectivity index is 1.78. The molecule has 0 bridgehead atoms. The molecule has 3 rings (SSSR count). The van der Waals surface area contributed by atoms with Crippen LogP contribution in [0, 0.1) is 0 Å². The number of nitrogens with zero attached hydrogens (tertiary/aromatic N) is 1. The molecule has 0 saturated carbocycles. The van der Waals surface area contributed by atoms with Gasteiger partial charge in [0.15, 0.2) is 12.0 Å². The molecule has 2 fully saturated rings. The number of carbonyl (C=O) groups is 2. The fourth-order valence-electron chi connectivity index (χ4n) is 2.81. The molecule has 4 N–H and O–H groups in total. The molecule has 0 spiro atoms. The SMILES string of the molecule is CC(=O)OC[C@@H]1O[C@@H](N2NC=C(N)NC2=O)[C@H]2OC(C)(C)O[C@H]21. The third-order valence-corrected chi connectivity index (χ3v) is 3.66. The number of fused-ring (bicyclic) bond motifs is 1. The van der Waals surface area contributed by atoms with Crippen LogP contribution in [0.3, 0.4) is 0 Å². The van der Waals surface area contributed by atoms with Gasteiger partial charge in [-0.15, -0.1) is 0 Å². The Hall–Kier alpha value is -2.04. The van der Waals surface area contributed by atoms with E-state index in [0.717, 1.165) is 0 Å². The topological polar surface area (TPSA) is 124 Å². The lowest BCUT2D eigenvalue weighted by molar-refractivity contribution is -0.209. The third-order valence-electron chi connectivity index (χ3n) is 3.66. The number of hydrazine groups is 1. The van der Waals surface area contributed by atoms with Gasteiger partial charge in [0, 0.05) is 6.92 Å². The number of hydrogen-bond donors (Lipinski definition) is 3. The molecule has 0 aromatic rings. The van der Waals surface area contributed by atoms with Crippen LogP contribution in [-0.4, -0.2) is 53.9 Å². The Morgan fingerprint density at radius 3 is 2.78 bits per heavy atom. The zero-order chi connectivity index (χ0) is 16.8. The van der Waals surface area contributed by atoms with E-state index in [4.69, 9.17) is 24.7 Å². The first-order valence-corrected chi connectivity index (χ1v) is 7.23. The van der Waals surface area contributed by atoms with Crippen LogP contribution in [0.25, 0.3) is 0 Å². The number of ether oxygens (including phenoxy) is 4. The summed E-state index contributed by atoms with van der Waals surface area (Å²) in [5.74, 6) is -1.05. The Morgan fingerprint density at radius 1 is 1.43 bits per heavy atom. The third kappa shape index (κ3) is 3.05. The highest BCUT2D eigenvalue weighted by atomic mass is 16.8. The number of nitrogens with one attached hydrogen (secondary N) is 2. The van der Waals surface area contributed by atoms with Crippen molar-refractivity contribution in [2.75, 3.05) is 6.61 Å². The van der Waals surface area contributed by atoms with Gasteiger partial charge in [-0.25, -0.2) is 9.80 Å². The number of hydrogen-bond acceptors (Lipinski definition) is 8. The van der Waals surface area contributed by atoms with Crippen molar-refractivity contribution in [3.63, 3.8) is 0 Å². The lowest BCUT2D eigenvalue weighted by atomic mass is 10.1. The second-order valence-corrected chi connectivity index (χ2v) is 5.96. The van der Waals surface area contributed by atoms with Gasteiger partial charge < -0.3 is 24.7 Å². The van der Waals surface area contributed by atoms with Crippen LogP contribution >= 0.6 is 0 Å². The maximum Gasteiger partial charge on any atom is 0.344 e. The fraction of sp³-hybridized carbons (Fsp3) is 0.692. The molecule has 23 heavy (non-hydrogen) atoms. The first-order valence-electron chi connectivity index (χ1n) is 7.23. The summed E-state index contributed by atoms with van der Waals surface area (Å²) in [6, 6.07) is -0.477. The van der Waals surface area contributed by atoms with Crippen LogP contribution in [0.2, 0.25) is 0 Å². The van der Waals surface area contributed by atoms with Crippen molar-refractivity contribution in [3.8, 4) is 0 Å². The number of amides is 2. The second kappa shape index (κ2) is 5.55. The van der Waals surface area contributed by atoms with E-state index in [0.29, 0.717) is 0 Å². The van der Waals surface area contributed by atoms with Gasteiger partial charge in [-0.1, -0.05) is 0 Å². The molecule has 3 heterocycles. The van der Waals surface area contributed by atoms with Gasteiger partial charge >= 0.3 is 12.0 Å². The fourth-order valence-corrected chi connectivity index (χ4v) is 2.81. The van der Waals surface area contributed by atoms with Crippen molar-refractivity contribution in [2.45, 2.75) is 51.1 Å². The normalized spacial score (nSPS) is 35.2. The Kier molecular flexibility index (Phi) is 3.82. The largest absolute Gasteiger partial charge is 0.463 e. The van der Waals surface area contributed by atoms with Crippen LogP contribution in [0.15, 0.2) is 12.0 Å². The molecule has 2 amide bonds. The van der Waals surface area contributed by atoms with Crippen molar-refractivity contribution in [1.29, 1.82) is 0 Å². The summed E-state index contributed by atoms with van der Waals surface area (Å²) in [4.78, 5) is 23.1. The summed E-state index contributed by atoms with van der Waals surface area (Å²) in [6.45, 7) is 4.87. The summed E-state index contributed by atoms with van der Waals surface area (Å²) in [7, 11) is 0. The van der Waals surface area contributed by atoms with Crippen LogP contribution in [0.5, 0.6) is 0 Å². The van der Waals surface area contributed by atoms with Crippen LogP contribution in [0.4, 0.5) is 4.79 Å². The van der Waals surface area contributed by atoms with Crippen molar-refractivity contribution in [2.24, 2.45) is 5.73 Å². The van der Waals surface area contributed by atoms with E-state index >= 15 is 0 Å². The van der Waals surface area contributed by atoms with E-state index in [9.17, 15) is 9.59 Å². The summed E-state index contributed by atoms with van der Waals surface area (Å²) in [6.07, 6.45) is -0.871. The molecule has 3 aliphatic rings. The first kappa shape index (κ1) is 15.8. The Morgan fingerprint density at radius 2 is 2.13 bits per heavy atom. The van der Waals surface area contributed by atoms with Crippen LogP contribution in [0.1, 0.15) is 20.8 Å². The maximum atomic E-state index is 12.1. The standard InChI is InChI=1S/C13H20N4O6/c1-6(18)20-5-7-9-10(23-13(2,3)22-9)11(21-7)17-12(19)16-8(14)4-15-17/h4,7,9-11,15H,5,14H2,1-3H3,(H,16,19)/t7-,9-,10-,11+/m0/s1. The van der Waals surface area contributed by atoms with Crippen molar-refractivity contribution < 1.29 is 28.5 Å². The monoisotopic (exact) mass is 328 g/mol. The molecular formula is C13H20N4O6. The molecule has 128 valence electrons. The Labute approximate surface area is 132 Å². The van der Waals surface area contributed by atoms with Crippen molar-refractivity contribution in [1.82, 2.24) is 15.8 Å². The highest BCUT2D eigenvalue weighted by Crippen LogP contribution is 2.39. The second-order valence-electron chi connectivity index (χ2n) is 5.96. The number of rotatable bonds is 3. The van der Waals surface area contributed by atoms with Crippen molar-refractivity contribution in [3.05, 3.63) is 12.0 Å². The zero-order valence-corrected chi connectivity index (χ0v) is 13.1. The lowest BCUT2D eigenvalue weighted by Gasteiger charge is -2.34. The predicted molar refractivity (Wildman–Crippen MR) is 74.9 cm³/mol. The number of urea groups is 1. The van der Waals surface area contributed by atoms with Gasteiger partial charge in [0.05, 0.1) is 6.20 Å². The molecule has 0 aromatic heterocycles. The van der Waals surface area contributed by atoms with Crippen molar-refractivity contribution >= 4 is 12.0 Å². The first-order chi connectivity index (χ1) is 10.8. The predicted octanol–water partition coefficient (Wildman–Crippen LogP) is -0.918. The lowest BCUT2D eigenvalue weighted by Crippen LogP contribution is -2.59. The van der Waals surface area contributed by atoms with Gasteiger partial charge in [0.25, 0.3) is 0 Å². The Bertz CT molecular complexity index is 551. The van der Waals surface area contributed by atoms with E-state index in [-0.39, 0.29) is 12.4 Å². The quantitative estimate of drug-likeness (QED) is 0.568. The van der Waals surface area contributed by atoms with Gasteiger partial charge in [0.2, 0.25) is 0 Å². The molecule has 10 heteroatoms. The minimum atomic E-state index is -0.826. The molecular weight excluding hydrogens is 308 g/mol. The highest BCUT2D eigenvalue weighted by Gasteiger charge is 2.58. The van der Waals surface area contributed by atoms with Gasteiger partial charge in [-0.05, 0) is 13.8 Å². The summed E-state index contributed by atoms with van der Waals surface area (Å²) in [5.41, 5.74) is 8.28. The summed E-state index contributed by atoms with van der Waals surface area (Å²) >= 11 is 0. The maximum absolute atomic E-state index is 12.1. The van der Waals surface area contributed by atoms with E-state index in [1.807, 2.05) is 0 Å². The molecule has 0 radical (unpaired) electrons. The number of carbonyl (C=O) groups excluding carboxylic acids is 2. The molecule has 4 atom stereocenters. The van der Waals surface area contributed by atoms with Gasteiger partial charge in [-0.2, -0.15) is 0 Å². The molecule has 10 nitrogen and oxygen atoms in total. The van der Waals surface area contributed by atoms with E-state index in [1.54, 1.807) is 13.8 Å². The molecule has 0 aliphatic carbocycles. The van der Waals surface area contributed by atoms with Crippen LogP contribution in [-0.2, 0) is 23.7 Å². The number of nitrogens with two attached hydrogens (primary N) is 1. The molecule has 2 saturated heterocycles.